The van der Waals surface area contributed by atoms with Crippen LogP contribution in [0.2, 0.25) is 0 Å². The molecule has 3 rings (SSSR count). The van der Waals surface area contributed by atoms with Crippen molar-refractivity contribution in [2.75, 3.05) is 16.8 Å². The lowest BCUT2D eigenvalue weighted by Crippen LogP contribution is -2.44. The molecule has 2 amide bonds. The van der Waals surface area contributed by atoms with E-state index in [2.05, 4.69) is 10.2 Å². The molecular formula is C22H23FN4O2S. The van der Waals surface area contributed by atoms with Gasteiger partial charge in [0.1, 0.15) is 11.4 Å². The number of aryl methyl sites for hydroxylation is 1. The Morgan fingerprint density at radius 3 is 2.37 bits per heavy atom. The first-order chi connectivity index (χ1) is 13.6. The van der Waals surface area contributed by atoms with E-state index in [9.17, 15) is 14.0 Å². The molecule has 1 saturated heterocycles. The molecule has 0 saturated carbocycles. The van der Waals surface area contributed by atoms with E-state index in [1.807, 2.05) is 0 Å². The average molecular weight is 427 g/mol. The molecule has 1 fully saturated rings. The van der Waals surface area contributed by atoms with E-state index < -0.39 is 17.3 Å². The van der Waals surface area contributed by atoms with Gasteiger partial charge in [-0.1, -0.05) is 13.5 Å². The quantitative estimate of drug-likeness (QED) is 0.576. The number of halogens is 1. The zero-order valence-electron chi connectivity index (χ0n) is 16.4. The van der Waals surface area contributed by atoms with Gasteiger partial charge in [0.25, 0.3) is 11.8 Å². The predicted octanol–water partition coefficient (Wildman–Crippen LogP) is 4.60. The first-order valence-corrected chi connectivity index (χ1v) is 9.22. The number of benzene rings is 2. The Morgan fingerprint density at radius 1 is 1.20 bits per heavy atom. The van der Waals surface area contributed by atoms with E-state index in [0.717, 1.165) is 5.56 Å². The molecule has 156 valence electrons. The van der Waals surface area contributed by atoms with Crippen molar-refractivity contribution < 1.29 is 14.0 Å². The molecule has 0 aromatic heterocycles. The Bertz CT molecular complexity index is 1090. The molecule has 2 aromatic carbocycles. The van der Waals surface area contributed by atoms with Crippen molar-refractivity contribution >= 4 is 46.2 Å². The van der Waals surface area contributed by atoms with Crippen molar-refractivity contribution in [3.8, 4) is 0 Å². The van der Waals surface area contributed by atoms with E-state index in [1.165, 1.54) is 24.1 Å². The molecule has 0 unspecified atom stereocenters. The molecule has 1 heterocycles. The van der Waals surface area contributed by atoms with Gasteiger partial charge < -0.3 is 10.2 Å². The summed E-state index contributed by atoms with van der Waals surface area (Å²) >= 11 is 5.58. The molecule has 0 bridgehead atoms. The van der Waals surface area contributed by atoms with Gasteiger partial charge in [-0.15, -0.1) is 0 Å². The molecule has 6 nitrogen and oxygen atoms in total. The van der Waals surface area contributed by atoms with Crippen LogP contribution in [0, 0.1) is 19.3 Å². The Balaban J connectivity index is 0.00000320. The van der Waals surface area contributed by atoms with E-state index in [4.69, 9.17) is 18.8 Å². The average Bonchev–Trinajstić information content (AvgIpc) is 2.85. The molecule has 0 radical (unpaired) electrons. The minimum atomic E-state index is -1.07. The van der Waals surface area contributed by atoms with Crippen molar-refractivity contribution in [2.45, 2.75) is 33.7 Å². The lowest BCUT2D eigenvalue weighted by atomic mass is 10.0. The van der Waals surface area contributed by atoms with E-state index in [1.54, 1.807) is 49.9 Å². The van der Waals surface area contributed by atoms with E-state index in [-0.39, 0.29) is 24.0 Å². The third-order valence-electron chi connectivity index (χ3n) is 4.91. The SMILES string of the molecule is C.[C-]#[N+]c1ccc(N2C(=O)C(C)(C)N(c3ccc(C(=O)NC)c(F)c3)C2=S)cc1C. The van der Waals surface area contributed by atoms with Gasteiger partial charge in [-0.2, -0.15) is 0 Å². The van der Waals surface area contributed by atoms with Crippen LogP contribution in [-0.4, -0.2) is 29.5 Å². The zero-order valence-corrected chi connectivity index (χ0v) is 17.2. The second kappa shape index (κ2) is 8.20. The van der Waals surface area contributed by atoms with Crippen molar-refractivity contribution in [1.82, 2.24) is 5.32 Å². The second-order valence-electron chi connectivity index (χ2n) is 7.14. The summed E-state index contributed by atoms with van der Waals surface area (Å²) in [6, 6.07) is 9.16. The van der Waals surface area contributed by atoms with Crippen molar-refractivity contribution in [1.29, 1.82) is 0 Å². The largest absolute Gasteiger partial charge is 0.355 e. The van der Waals surface area contributed by atoms with Crippen LogP contribution in [0.3, 0.4) is 0 Å². The molecule has 0 atom stereocenters. The lowest BCUT2D eigenvalue weighted by molar-refractivity contribution is -0.120. The Hall–Kier alpha value is -3.31. The molecule has 8 heteroatoms. The van der Waals surface area contributed by atoms with Gasteiger partial charge in [-0.25, -0.2) is 9.24 Å². The van der Waals surface area contributed by atoms with Gasteiger partial charge in [0.2, 0.25) is 0 Å². The summed E-state index contributed by atoms with van der Waals surface area (Å²) in [5.74, 6) is -1.51. The number of thiocarbonyl (C=S) groups is 1. The van der Waals surface area contributed by atoms with E-state index in [0.29, 0.717) is 17.1 Å². The number of carbonyl (C=O) groups is 2. The highest BCUT2D eigenvalue weighted by Gasteiger charge is 2.50. The maximum Gasteiger partial charge on any atom is 0.259 e. The van der Waals surface area contributed by atoms with Gasteiger partial charge >= 0.3 is 0 Å². The van der Waals surface area contributed by atoms with Crippen LogP contribution in [0.25, 0.3) is 4.85 Å². The number of rotatable bonds is 3. The van der Waals surface area contributed by atoms with Gasteiger partial charge in [0.15, 0.2) is 10.8 Å². The minimum Gasteiger partial charge on any atom is -0.355 e. The normalized spacial score (nSPS) is 14.9. The number of hydrogen-bond donors (Lipinski definition) is 1. The number of nitrogens with one attached hydrogen (secondary N) is 1. The standard InChI is InChI=1S/C21H19FN4O2S.CH4/c1-12-10-13(7-9-17(12)23-4)25-19(28)21(2,3)26(20(25)29)14-6-8-15(16(22)11-14)18(27)24-5;/h6-11H,1-3,5H3,(H,24,27);1H4. The monoisotopic (exact) mass is 426 g/mol. The minimum absolute atomic E-state index is 0. The van der Waals surface area contributed by atoms with Crippen LogP contribution in [0.5, 0.6) is 0 Å². The van der Waals surface area contributed by atoms with Crippen LogP contribution in [-0.2, 0) is 4.79 Å². The third kappa shape index (κ3) is 3.53. The topological polar surface area (TPSA) is 57.0 Å². The fourth-order valence-electron chi connectivity index (χ4n) is 3.32. The summed E-state index contributed by atoms with van der Waals surface area (Å²) < 4.78 is 14.5. The van der Waals surface area contributed by atoms with Crippen LogP contribution in [0.4, 0.5) is 21.5 Å². The van der Waals surface area contributed by atoms with Crippen LogP contribution >= 0.6 is 12.2 Å². The first kappa shape index (κ1) is 23.0. The summed E-state index contributed by atoms with van der Waals surface area (Å²) in [6.07, 6.45) is 0. The maximum absolute atomic E-state index is 14.5. The Labute approximate surface area is 181 Å². The third-order valence-corrected chi connectivity index (χ3v) is 5.27. The van der Waals surface area contributed by atoms with Gasteiger partial charge in [0, 0.05) is 18.4 Å². The van der Waals surface area contributed by atoms with Crippen molar-refractivity contribution in [3.05, 3.63) is 64.8 Å². The summed E-state index contributed by atoms with van der Waals surface area (Å²) in [5, 5.41) is 2.58. The molecule has 2 aromatic rings. The van der Waals surface area contributed by atoms with Crippen molar-refractivity contribution in [3.63, 3.8) is 0 Å². The first-order valence-electron chi connectivity index (χ1n) is 8.82. The van der Waals surface area contributed by atoms with Crippen LogP contribution < -0.4 is 15.1 Å². The molecule has 1 aliphatic heterocycles. The number of nitrogens with zero attached hydrogens (tertiary/aromatic N) is 3. The smallest absolute Gasteiger partial charge is 0.259 e. The molecule has 1 N–H and O–H groups in total. The number of carbonyl (C=O) groups excluding carboxylic acids is 2. The number of amides is 2. The number of anilines is 2. The van der Waals surface area contributed by atoms with Gasteiger partial charge in [-0.05, 0) is 68.9 Å². The second-order valence-corrected chi connectivity index (χ2v) is 7.51. The van der Waals surface area contributed by atoms with Gasteiger partial charge in [-0.3, -0.25) is 14.5 Å². The highest BCUT2D eigenvalue weighted by atomic mass is 32.1. The molecule has 1 aliphatic rings. The Kier molecular flexibility index (Phi) is 6.28. The highest BCUT2D eigenvalue weighted by Crippen LogP contribution is 2.37. The van der Waals surface area contributed by atoms with E-state index >= 15 is 0 Å². The summed E-state index contributed by atoms with van der Waals surface area (Å²) in [7, 11) is 1.42. The number of hydrogen-bond acceptors (Lipinski definition) is 3. The summed E-state index contributed by atoms with van der Waals surface area (Å²) in [4.78, 5) is 31.3. The predicted molar refractivity (Wildman–Crippen MR) is 121 cm³/mol. The molecule has 0 spiro atoms. The summed E-state index contributed by atoms with van der Waals surface area (Å²) in [6.45, 7) is 12.4. The zero-order chi connectivity index (χ0) is 21.5. The fraction of sp³-hybridized carbons (Fsp3) is 0.273. The van der Waals surface area contributed by atoms with Crippen molar-refractivity contribution in [2.24, 2.45) is 0 Å². The summed E-state index contributed by atoms with van der Waals surface area (Å²) in [5.41, 5.74) is 0.982. The highest BCUT2D eigenvalue weighted by molar-refractivity contribution is 7.81. The van der Waals surface area contributed by atoms with Gasteiger partial charge in [0.05, 0.1) is 12.1 Å². The molecule has 0 aliphatic carbocycles. The fourth-order valence-corrected chi connectivity index (χ4v) is 3.84. The van der Waals surface area contributed by atoms with Crippen LogP contribution in [0.15, 0.2) is 36.4 Å². The Morgan fingerprint density at radius 2 is 1.83 bits per heavy atom. The molecule has 30 heavy (non-hydrogen) atoms. The van der Waals surface area contributed by atoms with Crippen LogP contribution in [0.1, 0.15) is 37.2 Å². The maximum atomic E-state index is 14.5. The molecular weight excluding hydrogens is 403 g/mol. The lowest BCUT2D eigenvalue weighted by Gasteiger charge is -2.29.